The average Bonchev–Trinajstić information content (AvgIpc) is 2.43. The van der Waals surface area contributed by atoms with Gasteiger partial charge >= 0.3 is 0 Å². The van der Waals surface area contributed by atoms with E-state index < -0.39 is 5.82 Å². The first-order valence-corrected chi connectivity index (χ1v) is 6.21. The molecule has 1 N–H and O–H groups in total. The third kappa shape index (κ3) is 1.94. The Morgan fingerprint density at radius 2 is 1.68 bits per heavy atom. The minimum atomic E-state index is -0.433. The van der Waals surface area contributed by atoms with Crippen LogP contribution in [0.3, 0.4) is 0 Å². The maximum atomic E-state index is 13.8. The summed E-state index contributed by atoms with van der Waals surface area (Å²) in [6, 6.07) is 15.5. The number of halogens is 2. The van der Waals surface area contributed by atoms with Crippen LogP contribution in [0.25, 0.3) is 21.9 Å². The van der Waals surface area contributed by atoms with Crippen LogP contribution >= 0.6 is 11.6 Å². The lowest BCUT2D eigenvalue weighted by Crippen LogP contribution is -1.86. The van der Waals surface area contributed by atoms with Gasteiger partial charge in [-0.25, -0.2) is 4.39 Å². The van der Waals surface area contributed by atoms with E-state index in [2.05, 4.69) is 0 Å². The minimum Gasteiger partial charge on any atom is -0.507 e. The summed E-state index contributed by atoms with van der Waals surface area (Å²) in [5.74, 6) is -0.387. The first-order chi connectivity index (χ1) is 9.18. The lowest BCUT2D eigenvalue weighted by Gasteiger charge is -2.10. The second-order valence-electron chi connectivity index (χ2n) is 4.28. The van der Waals surface area contributed by atoms with Gasteiger partial charge in [0.1, 0.15) is 11.6 Å². The molecule has 0 aliphatic heterocycles. The van der Waals surface area contributed by atoms with Crippen LogP contribution in [0.4, 0.5) is 4.39 Å². The van der Waals surface area contributed by atoms with Gasteiger partial charge in [-0.2, -0.15) is 0 Å². The van der Waals surface area contributed by atoms with Crippen LogP contribution in [-0.4, -0.2) is 5.11 Å². The molecular weight excluding hydrogens is 263 g/mol. The quantitative estimate of drug-likeness (QED) is 0.660. The van der Waals surface area contributed by atoms with E-state index in [4.69, 9.17) is 11.6 Å². The molecule has 0 aliphatic carbocycles. The maximum Gasteiger partial charge on any atom is 0.132 e. The van der Waals surface area contributed by atoms with Crippen molar-refractivity contribution in [3.63, 3.8) is 0 Å². The zero-order valence-corrected chi connectivity index (χ0v) is 10.7. The second kappa shape index (κ2) is 4.56. The van der Waals surface area contributed by atoms with Gasteiger partial charge in [0.15, 0.2) is 0 Å². The number of phenolic OH excluding ortho intramolecular Hbond substituents is 1. The standard InChI is InChI=1S/C16H10ClFO/c17-13-9-12(10-5-2-1-3-6-10)16(19)11-7-4-8-14(18)15(11)13/h1-9,19H. The number of phenols is 1. The smallest absolute Gasteiger partial charge is 0.132 e. The van der Waals surface area contributed by atoms with Crippen molar-refractivity contribution in [2.45, 2.75) is 0 Å². The second-order valence-corrected chi connectivity index (χ2v) is 4.69. The number of hydrogen-bond donors (Lipinski definition) is 1. The third-order valence-electron chi connectivity index (χ3n) is 3.12. The Bertz CT molecular complexity index is 754. The summed E-state index contributed by atoms with van der Waals surface area (Å²) in [4.78, 5) is 0. The van der Waals surface area contributed by atoms with Crippen LogP contribution in [0.1, 0.15) is 0 Å². The molecule has 0 fully saturated rings. The zero-order valence-electron chi connectivity index (χ0n) is 9.90. The first kappa shape index (κ1) is 12.0. The fraction of sp³-hybridized carbons (Fsp3) is 0. The molecule has 0 saturated heterocycles. The predicted octanol–water partition coefficient (Wildman–Crippen LogP) is 5.00. The molecule has 0 bridgehead atoms. The van der Waals surface area contributed by atoms with E-state index in [0.717, 1.165) is 5.56 Å². The summed E-state index contributed by atoms with van der Waals surface area (Å²) in [6.45, 7) is 0. The van der Waals surface area contributed by atoms with Gasteiger partial charge in [-0.1, -0.05) is 54.1 Å². The zero-order chi connectivity index (χ0) is 13.4. The summed E-state index contributed by atoms with van der Waals surface area (Å²) in [6.07, 6.45) is 0. The Labute approximate surface area is 114 Å². The molecule has 3 rings (SSSR count). The van der Waals surface area contributed by atoms with Crippen molar-refractivity contribution < 1.29 is 9.50 Å². The molecule has 1 nitrogen and oxygen atoms in total. The van der Waals surface area contributed by atoms with E-state index in [-0.39, 0.29) is 11.1 Å². The predicted molar refractivity (Wildman–Crippen MR) is 76.0 cm³/mol. The number of benzene rings is 3. The van der Waals surface area contributed by atoms with Gasteiger partial charge in [0.05, 0.1) is 5.02 Å². The topological polar surface area (TPSA) is 20.2 Å². The van der Waals surface area contributed by atoms with Crippen LogP contribution in [-0.2, 0) is 0 Å². The number of fused-ring (bicyclic) bond motifs is 1. The van der Waals surface area contributed by atoms with Crippen LogP contribution < -0.4 is 0 Å². The lowest BCUT2D eigenvalue weighted by atomic mass is 9.99. The van der Waals surface area contributed by atoms with Gasteiger partial charge in [-0.3, -0.25) is 0 Å². The molecular formula is C16H10ClFO. The largest absolute Gasteiger partial charge is 0.507 e. The van der Waals surface area contributed by atoms with Crippen molar-refractivity contribution in [2.24, 2.45) is 0 Å². The Morgan fingerprint density at radius 1 is 0.947 bits per heavy atom. The van der Waals surface area contributed by atoms with Crippen LogP contribution in [0.2, 0.25) is 5.02 Å². The van der Waals surface area contributed by atoms with E-state index >= 15 is 0 Å². The Kier molecular flexibility index (Phi) is 2.88. The minimum absolute atomic E-state index is 0.0464. The summed E-state index contributed by atoms with van der Waals surface area (Å²) in [5.41, 5.74) is 1.44. The van der Waals surface area contributed by atoms with Crippen molar-refractivity contribution in [1.29, 1.82) is 0 Å². The van der Waals surface area contributed by atoms with E-state index in [1.807, 2.05) is 30.3 Å². The van der Waals surface area contributed by atoms with Crippen molar-refractivity contribution >= 4 is 22.4 Å². The maximum absolute atomic E-state index is 13.8. The Hall–Kier alpha value is -2.06. The molecule has 3 aromatic carbocycles. The highest BCUT2D eigenvalue weighted by atomic mass is 35.5. The molecule has 0 aliphatic rings. The molecule has 0 amide bonds. The molecule has 0 unspecified atom stereocenters. The van der Waals surface area contributed by atoms with Gasteiger partial charge in [0.2, 0.25) is 0 Å². The summed E-state index contributed by atoms with van der Waals surface area (Å²) < 4.78 is 13.8. The molecule has 0 radical (unpaired) electrons. The summed E-state index contributed by atoms with van der Waals surface area (Å²) in [5, 5.41) is 11.3. The molecule has 0 heterocycles. The summed E-state index contributed by atoms with van der Waals surface area (Å²) in [7, 11) is 0. The normalized spacial score (nSPS) is 10.8. The van der Waals surface area contributed by atoms with E-state index in [9.17, 15) is 9.50 Å². The number of rotatable bonds is 1. The highest BCUT2D eigenvalue weighted by Gasteiger charge is 2.14. The fourth-order valence-electron chi connectivity index (χ4n) is 2.21. The van der Waals surface area contributed by atoms with Gasteiger partial charge in [-0.05, 0) is 17.7 Å². The average molecular weight is 273 g/mol. The molecule has 3 aromatic rings. The van der Waals surface area contributed by atoms with E-state index in [1.165, 1.54) is 6.07 Å². The summed E-state index contributed by atoms with van der Waals surface area (Å²) >= 11 is 6.14. The Morgan fingerprint density at radius 3 is 2.42 bits per heavy atom. The molecule has 0 spiro atoms. The van der Waals surface area contributed by atoms with Gasteiger partial charge in [-0.15, -0.1) is 0 Å². The third-order valence-corrected chi connectivity index (χ3v) is 3.42. The van der Waals surface area contributed by atoms with Gasteiger partial charge in [0.25, 0.3) is 0 Å². The van der Waals surface area contributed by atoms with E-state index in [1.54, 1.807) is 18.2 Å². The van der Waals surface area contributed by atoms with Crippen molar-refractivity contribution in [2.75, 3.05) is 0 Å². The van der Waals surface area contributed by atoms with E-state index in [0.29, 0.717) is 16.0 Å². The highest BCUT2D eigenvalue weighted by Crippen LogP contribution is 2.40. The van der Waals surface area contributed by atoms with Crippen molar-refractivity contribution in [1.82, 2.24) is 0 Å². The van der Waals surface area contributed by atoms with Crippen LogP contribution in [0.5, 0.6) is 5.75 Å². The van der Waals surface area contributed by atoms with Crippen LogP contribution in [0.15, 0.2) is 54.6 Å². The van der Waals surface area contributed by atoms with Crippen LogP contribution in [0, 0.1) is 5.82 Å². The van der Waals surface area contributed by atoms with Crippen molar-refractivity contribution in [3.05, 3.63) is 65.4 Å². The monoisotopic (exact) mass is 272 g/mol. The van der Waals surface area contributed by atoms with Gasteiger partial charge < -0.3 is 5.11 Å². The van der Waals surface area contributed by atoms with Gasteiger partial charge in [0, 0.05) is 16.3 Å². The highest BCUT2D eigenvalue weighted by molar-refractivity contribution is 6.36. The SMILES string of the molecule is Oc1c(-c2ccccc2)cc(Cl)c2c(F)cccc12. The molecule has 94 valence electrons. The molecule has 19 heavy (non-hydrogen) atoms. The molecule has 0 atom stereocenters. The number of aromatic hydroxyl groups is 1. The Balaban J connectivity index is 2.38. The lowest BCUT2D eigenvalue weighted by molar-refractivity contribution is 0.483. The molecule has 0 aromatic heterocycles. The molecule has 0 saturated carbocycles. The molecule has 3 heteroatoms. The van der Waals surface area contributed by atoms with Crippen molar-refractivity contribution in [3.8, 4) is 16.9 Å². The first-order valence-electron chi connectivity index (χ1n) is 5.83. The number of hydrogen-bond acceptors (Lipinski definition) is 1. The fourth-order valence-corrected chi connectivity index (χ4v) is 2.52.